The molecule has 0 radical (unpaired) electrons. The number of aryl methyl sites for hydroxylation is 1. The van der Waals surface area contributed by atoms with Gasteiger partial charge in [-0.3, -0.25) is 9.89 Å². The molecule has 4 heteroatoms. The van der Waals surface area contributed by atoms with Crippen LogP contribution >= 0.6 is 0 Å². The molecule has 0 saturated heterocycles. The first kappa shape index (κ1) is 12.4. The number of benzene rings is 1. The molecule has 0 aliphatic rings. The fraction of sp³-hybridized carbons (Fsp3) is 0.286. The van der Waals surface area contributed by atoms with E-state index in [1.54, 1.807) is 0 Å². The number of amides is 1. The van der Waals surface area contributed by atoms with Gasteiger partial charge in [0.15, 0.2) is 0 Å². The van der Waals surface area contributed by atoms with E-state index in [1.807, 2.05) is 51.1 Å². The van der Waals surface area contributed by atoms with Crippen molar-refractivity contribution in [1.29, 1.82) is 0 Å². The molecular weight excluding hydrogens is 226 g/mol. The molecule has 0 spiro atoms. The van der Waals surface area contributed by atoms with E-state index >= 15 is 0 Å². The molecule has 0 unspecified atom stereocenters. The molecule has 4 nitrogen and oxygen atoms in total. The summed E-state index contributed by atoms with van der Waals surface area (Å²) in [4.78, 5) is 11.6. The fourth-order valence-corrected chi connectivity index (χ4v) is 1.61. The fourth-order valence-electron chi connectivity index (χ4n) is 1.61. The van der Waals surface area contributed by atoms with Crippen molar-refractivity contribution < 1.29 is 4.79 Å². The van der Waals surface area contributed by atoms with Crippen LogP contribution in [0.25, 0.3) is 11.3 Å². The summed E-state index contributed by atoms with van der Waals surface area (Å²) in [5.41, 5.74) is 3.68. The number of H-pyrrole nitrogens is 1. The Labute approximate surface area is 106 Å². The molecule has 2 N–H and O–H groups in total. The summed E-state index contributed by atoms with van der Waals surface area (Å²) >= 11 is 0. The maximum Gasteiger partial charge on any atom is 0.226 e. The van der Waals surface area contributed by atoms with Gasteiger partial charge in [-0.05, 0) is 25.1 Å². The standard InChI is InChI=1S/C14H17N3O/c1-9(2)14(18)15-12-6-4-5-11(8-12)13-7-10(3)16-17-13/h4-9H,1-3H3,(H,15,18)(H,16,17). The van der Waals surface area contributed by atoms with Crippen molar-refractivity contribution in [3.05, 3.63) is 36.0 Å². The van der Waals surface area contributed by atoms with E-state index in [2.05, 4.69) is 15.5 Å². The summed E-state index contributed by atoms with van der Waals surface area (Å²) in [7, 11) is 0. The van der Waals surface area contributed by atoms with Crippen LogP contribution in [0.5, 0.6) is 0 Å². The SMILES string of the molecule is Cc1cc(-c2cccc(NC(=O)C(C)C)c2)n[nH]1. The normalized spacial score (nSPS) is 10.7. The number of carbonyl (C=O) groups excluding carboxylic acids is 1. The highest BCUT2D eigenvalue weighted by molar-refractivity contribution is 5.92. The van der Waals surface area contributed by atoms with Gasteiger partial charge in [0.25, 0.3) is 0 Å². The van der Waals surface area contributed by atoms with E-state index in [1.165, 1.54) is 0 Å². The number of rotatable bonds is 3. The maximum atomic E-state index is 11.6. The third-order valence-corrected chi connectivity index (χ3v) is 2.66. The van der Waals surface area contributed by atoms with Gasteiger partial charge in [-0.15, -0.1) is 0 Å². The lowest BCUT2D eigenvalue weighted by Gasteiger charge is -2.08. The van der Waals surface area contributed by atoms with Crippen molar-refractivity contribution in [2.24, 2.45) is 5.92 Å². The van der Waals surface area contributed by atoms with Crippen LogP contribution in [0.2, 0.25) is 0 Å². The van der Waals surface area contributed by atoms with Gasteiger partial charge >= 0.3 is 0 Å². The Bertz CT molecular complexity index is 558. The third kappa shape index (κ3) is 2.77. The number of hydrogen-bond acceptors (Lipinski definition) is 2. The zero-order valence-electron chi connectivity index (χ0n) is 10.8. The molecule has 94 valence electrons. The molecule has 18 heavy (non-hydrogen) atoms. The highest BCUT2D eigenvalue weighted by Gasteiger charge is 2.08. The Morgan fingerprint density at radius 3 is 2.72 bits per heavy atom. The van der Waals surface area contributed by atoms with Crippen LogP contribution < -0.4 is 5.32 Å². The second-order valence-corrected chi connectivity index (χ2v) is 4.66. The van der Waals surface area contributed by atoms with Gasteiger partial charge < -0.3 is 5.32 Å². The smallest absolute Gasteiger partial charge is 0.226 e. The molecule has 1 aromatic carbocycles. The first-order chi connectivity index (χ1) is 8.56. The Morgan fingerprint density at radius 2 is 2.11 bits per heavy atom. The number of nitrogens with one attached hydrogen (secondary N) is 2. The lowest BCUT2D eigenvalue weighted by atomic mass is 10.1. The van der Waals surface area contributed by atoms with E-state index in [0.29, 0.717) is 0 Å². The highest BCUT2D eigenvalue weighted by atomic mass is 16.1. The number of hydrogen-bond donors (Lipinski definition) is 2. The van der Waals surface area contributed by atoms with E-state index in [4.69, 9.17) is 0 Å². The average molecular weight is 243 g/mol. The topological polar surface area (TPSA) is 57.8 Å². The second-order valence-electron chi connectivity index (χ2n) is 4.66. The quantitative estimate of drug-likeness (QED) is 0.870. The first-order valence-electron chi connectivity index (χ1n) is 5.99. The zero-order chi connectivity index (χ0) is 13.1. The van der Waals surface area contributed by atoms with Crippen LogP contribution in [0.1, 0.15) is 19.5 Å². The van der Waals surface area contributed by atoms with Crippen LogP contribution in [0, 0.1) is 12.8 Å². The van der Waals surface area contributed by atoms with Gasteiger partial charge in [-0.2, -0.15) is 5.10 Å². The lowest BCUT2D eigenvalue weighted by Crippen LogP contribution is -2.17. The summed E-state index contributed by atoms with van der Waals surface area (Å²) in [6.45, 7) is 5.70. The molecule has 1 aromatic heterocycles. The van der Waals surface area contributed by atoms with E-state index in [0.717, 1.165) is 22.6 Å². The molecule has 2 aromatic rings. The van der Waals surface area contributed by atoms with Crippen molar-refractivity contribution in [2.75, 3.05) is 5.32 Å². The van der Waals surface area contributed by atoms with Crippen molar-refractivity contribution >= 4 is 11.6 Å². The number of aromatic amines is 1. The Hall–Kier alpha value is -2.10. The minimum atomic E-state index is -0.0266. The van der Waals surface area contributed by atoms with Crippen molar-refractivity contribution in [2.45, 2.75) is 20.8 Å². The predicted molar refractivity (Wildman–Crippen MR) is 72.2 cm³/mol. The number of nitrogens with zero attached hydrogens (tertiary/aromatic N) is 1. The van der Waals surface area contributed by atoms with Gasteiger partial charge in [-0.25, -0.2) is 0 Å². The minimum Gasteiger partial charge on any atom is -0.326 e. The van der Waals surface area contributed by atoms with E-state index < -0.39 is 0 Å². The monoisotopic (exact) mass is 243 g/mol. The summed E-state index contributed by atoms with van der Waals surface area (Å²) in [5, 5.41) is 9.99. The van der Waals surface area contributed by atoms with Gasteiger partial charge in [0, 0.05) is 22.9 Å². The van der Waals surface area contributed by atoms with E-state index in [9.17, 15) is 4.79 Å². The van der Waals surface area contributed by atoms with Crippen molar-refractivity contribution in [3.63, 3.8) is 0 Å². The van der Waals surface area contributed by atoms with E-state index in [-0.39, 0.29) is 11.8 Å². The number of aromatic nitrogens is 2. The van der Waals surface area contributed by atoms with Gasteiger partial charge in [-0.1, -0.05) is 26.0 Å². The molecule has 0 fully saturated rings. The van der Waals surface area contributed by atoms with Crippen LogP contribution in [0.4, 0.5) is 5.69 Å². The third-order valence-electron chi connectivity index (χ3n) is 2.66. The number of anilines is 1. The molecule has 0 aliphatic heterocycles. The van der Waals surface area contributed by atoms with Gasteiger partial charge in [0.05, 0.1) is 5.69 Å². The average Bonchev–Trinajstić information content (AvgIpc) is 2.76. The van der Waals surface area contributed by atoms with Crippen molar-refractivity contribution in [3.8, 4) is 11.3 Å². The second kappa shape index (κ2) is 5.04. The lowest BCUT2D eigenvalue weighted by molar-refractivity contribution is -0.118. The molecule has 1 heterocycles. The summed E-state index contributed by atoms with van der Waals surface area (Å²) in [6.07, 6.45) is 0. The molecule has 0 aliphatic carbocycles. The first-order valence-corrected chi connectivity index (χ1v) is 5.99. The molecule has 2 rings (SSSR count). The summed E-state index contributed by atoms with van der Waals surface area (Å²) in [5.74, 6) is -0.00774. The molecule has 0 atom stereocenters. The molecule has 0 bridgehead atoms. The molecule has 1 amide bonds. The Morgan fingerprint density at radius 1 is 1.33 bits per heavy atom. The maximum absolute atomic E-state index is 11.6. The summed E-state index contributed by atoms with van der Waals surface area (Å²) < 4.78 is 0. The minimum absolute atomic E-state index is 0.0189. The summed E-state index contributed by atoms with van der Waals surface area (Å²) in [6, 6.07) is 9.67. The van der Waals surface area contributed by atoms with Crippen LogP contribution in [-0.2, 0) is 4.79 Å². The van der Waals surface area contributed by atoms with Crippen LogP contribution in [0.15, 0.2) is 30.3 Å². The number of carbonyl (C=O) groups is 1. The van der Waals surface area contributed by atoms with Crippen molar-refractivity contribution in [1.82, 2.24) is 10.2 Å². The largest absolute Gasteiger partial charge is 0.326 e. The van der Waals surface area contributed by atoms with Gasteiger partial charge in [0.1, 0.15) is 0 Å². The predicted octanol–water partition coefficient (Wildman–Crippen LogP) is 2.98. The molecular formula is C14H17N3O. The Kier molecular flexibility index (Phi) is 3.46. The molecule has 0 saturated carbocycles. The highest BCUT2D eigenvalue weighted by Crippen LogP contribution is 2.21. The van der Waals surface area contributed by atoms with Crippen LogP contribution in [0.3, 0.4) is 0 Å². The Balaban J connectivity index is 2.23. The zero-order valence-corrected chi connectivity index (χ0v) is 10.8. The van der Waals surface area contributed by atoms with Gasteiger partial charge in [0.2, 0.25) is 5.91 Å². The van der Waals surface area contributed by atoms with Crippen LogP contribution in [-0.4, -0.2) is 16.1 Å².